The van der Waals surface area contributed by atoms with Gasteiger partial charge in [0.15, 0.2) is 5.83 Å². The first kappa shape index (κ1) is 29.8. The van der Waals surface area contributed by atoms with Crippen LogP contribution in [0.5, 0.6) is 6.01 Å². The van der Waals surface area contributed by atoms with Crippen LogP contribution >= 0.6 is 11.6 Å². The van der Waals surface area contributed by atoms with Crippen LogP contribution in [0.15, 0.2) is 48.8 Å². The Balaban J connectivity index is 1.23. The third-order valence-electron chi connectivity index (χ3n) is 10.1. The Kier molecular flexibility index (Phi) is 8.00. The van der Waals surface area contributed by atoms with Crippen molar-refractivity contribution < 1.29 is 13.9 Å². The summed E-state index contributed by atoms with van der Waals surface area (Å²) in [5, 5.41) is 2.83. The van der Waals surface area contributed by atoms with Gasteiger partial charge < -0.3 is 24.3 Å². The van der Waals surface area contributed by atoms with Crippen LogP contribution in [0.1, 0.15) is 36.9 Å². The lowest BCUT2D eigenvalue weighted by atomic mass is 9.95. The molecule has 0 unspecified atom stereocenters. The van der Waals surface area contributed by atoms with E-state index >= 15 is 0 Å². The van der Waals surface area contributed by atoms with E-state index in [1.54, 1.807) is 0 Å². The van der Waals surface area contributed by atoms with Crippen LogP contribution in [0.2, 0.25) is 5.02 Å². The molecule has 0 bridgehead atoms. The van der Waals surface area contributed by atoms with Gasteiger partial charge in [-0.2, -0.15) is 9.97 Å². The number of amides is 1. The van der Waals surface area contributed by atoms with Crippen molar-refractivity contribution in [1.82, 2.24) is 19.8 Å². The Morgan fingerprint density at radius 2 is 1.87 bits per heavy atom. The highest BCUT2D eigenvalue weighted by Gasteiger charge is 2.45. The summed E-state index contributed by atoms with van der Waals surface area (Å²) in [5.41, 5.74) is 3.05. The summed E-state index contributed by atoms with van der Waals surface area (Å²) in [6.07, 6.45) is 5.30. The van der Waals surface area contributed by atoms with Gasteiger partial charge in [0.05, 0.1) is 22.8 Å². The summed E-state index contributed by atoms with van der Waals surface area (Å²) in [6, 6.07) is 12.1. The fourth-order valence-electron chi connectivity index (χ4n) is 7.85. The molecule has 2 aromatic carbocycles. The van der Waals surface area contributed by atoms with Crippen molar-refractivity contribution in [3.63, 3.8) is 0 Å². The molecule has 7 rings (SSSR count). The Bertz CT molecular complexity index is 1680. The molecule has 1 atom stereocenters. The SMILES string of the molecule is [C-]#[N+]C[C@H]1CN(c2nc(OCC34CCCN3CCC4)nc3c2CCN(c2cccc4cccc(Cl)c24)C3)CCN1C(=O)C(=C)F. The largest absolute Gasteiger partial charge is 0.461 e. The van der Waals surface area contributed by atoms with E-state index in [2.05, 4.69) is 50.4 Å². The lowest BCUT2D eigenvalue weighted by Gasteiger charge is -2.41. The van der Waals surface area contributed by atoms with Gasteiger partial charge in [-0.05, 0) is 62.7 Å². The Morgan fingerprint density at radius 1 is 1.09 bits per heavy atom. The molecule has 4 aliphatic rings. The molecule has 0 radical (unpaired) electrons. The summed E-state index contributed by atoms with van der Waals surface area (Å²) in [7, 11) is 0. The number of fused-ring (bicyclic) bond motifs is 3. The van der Waals surface area contributed by atoms with Crippen LogP contribution in [-0.2, 0) is 17.8 Å². The second-order valence-electron chi connectivity index (χ2n) is 12.6. The number of rotatable bonds is 7. The van der Waals surface area contributed by atoms with E-state index in [1.165, 1.54) is 17.7 Å². The number of aromatic nitrogens is 2. The zero-order valence-corrected chi connectivity index (χ0v) is 26.1. The molecule has 9 nitrogen and oxygen atoms in total. The molecule has 0 spiro atoms. The summed E-state index contributed by atoms with van der Waals surface area (Å²) in [4.78, 5) is 34.6. The zero-order valence-electron chi connectivity index (χ0n) is 25.4. The molecular weight excluding hydrogens is 593 g/mol. The van der Waals surface area contributed by atoms with Crippen molar-refractivity contribution in [1.29, 1.82) is 0 Å². The average Bonchev–Trinajstić information content (AvgIpc) is 3.63. The topological polar surface area (TPSA) is 69.4 Å². The first-order valence-corrected chi connectivity index (χ1v) is 16.2. The molecule has 3 fully saturated rings. The maximum atomic E-state index is 13.9. The van der Waals surface area contributed by atoms with Gasteiger partial charge in [-0.1, -0.05) is 42.4 Å². The van der Waals surface area contributed by atoms with Gasteiger partial charge in [-0.15, -0.1) is 0 Å². The highest BCUT2D eigenvalue weighted by atomic mass is 35.5. The van der Waals surface area contributed by atoms with Crippen LogP contribution in [0, 0.1) is 6.57 Å². The van der Waals surface area contributed by atoms with Gasteiger partial charge in [0.1, 0.15) is 18.5 Å². The molecule has 0 aliphatic carbocycles. The normalized spacial score (nSPS) is 21.0. The highest BCUT2D eigenvalue weighted by Crippen LogP contribution is 2.40. The third kappa shape index (κ3) is 5.46. The second-order valence-corrected chi connectivity index (χ2v) is 13.0. The lowest BCUT2D eigenvalue weighted by Crippen LogP contribution is -2.57. The molecule has 1 aromatic heterocycles. The average molecular weight is 630 g/mol. The van der Waals surface area contributed by atoms with Gasteiger partial charge >= 0.3 is 6.01 Å². The molecule has 3 aromatic rings. The number of hydrogen-bond donors (Lipinski definition) is 0. The van der Waals surface area contributed by atoms with E-state index in [-0.39, 0.29) is 18.6 Å². The van der Waals surface area contributed by atoms with Crippen molar-refractivity contribution in [2.45, 2.75) is 50.2 Å². The predicted octanol–water partition coefficient (Wildman–Crippen LogP) is 5.27. The molecule has 0 N–H and O–H groups in total. The van der Waals surface area contributed by atoms with Crippen LogP contribution in [-0.4, -0.2) is 89.7 Å². The summed E-state index contributed by atoms with van der Waals surface area (Å²) in [5.74, 6) is -0.980. The standard InChI is InChI=1S/C34H37ClFN7O2/c1-23(36)32(44)43-18-17-41(20-25(43)19-37-2)31-26-11-16-40(29-10-4-8-24-7-3-9-27(35)30(24)29)21-28(26)38-33(39-31)45-22-34-12-5-14-42(34)15-6-13-34/h3-4,7-10,25H,1,5-6,11-22H2/t25-/m0/s1. The van der Waals surface area contributed by atoms with E-state index in [1.807, 2.05) is 12.1 Å². The van der Waals surface area contributed by atoms with Gasteiger partial charge in [0.25, 0.3) is 5.91 Å². The predicted molar refractivity (Wildman–Crippen MR) is 173 cm³/mol. The number of carbonyl (C=O) groups is 1. The van der Waals surface area contributed by atoms with Crippen molar-refractivity contribution in [2.75, 3.05) is 62.2 Å². The summed E-state index contributed by atoms with van der Waals surface area (Å²) < 4.78 is 20.3. The van der Waals surface area contributed by atoms with E-state index in [0.717, 1.165) is 66.0 Å². The molecular formula is C34H37ClFN7O2. The molecule has 5 heterocycles. The molecule has 234 valence electrons. The van der Waals surface area contributed by atoms with E-state index < -0.39 is 17.8 Å². The van der Waals surface area contributed by atoms with Crippen LogP contribution in [0.3, 0.4) is 0 Å². The first-order valence-electron chi connectivity index (χ1n) is 15.8. The number of benzene rings is 2. The maximum absolute atomic E-state index is 13.9. The molecule has 45 heavy (non-hydrogen) atoms. The van der Waals surface area contributed by atoms with E-state index in [4.69, 9.17) is 32.9 Å². The third-order valence-corrected chi connectivity index (χ3v) is 10.4. The smallest absolute Gasteiger partial charge is 0.318 e. The Morgan fingerprint density at radius 3 is 2.62 bits per heavy atom. The van der Waals surface area contributed by atoms with Crippen molar-refractivity contribution >= 4 is 39.8 Å². The number of hydrogen-bond acceptors (Lipinski definition) is 7. The number of anilines is 2. The molecule has 0 saturated carbocycles. The monoisotopic (exact) mass is 629 g/mol. The number of ether oxygens (including phenoxy) is 1. The minimum atomic E-state index is -1.01. The van der Waals surface area contributed by atoms with Gasteiger partial charge in [-0.3, -0.25) is 9.69 Å². The van der Waals surface area contributed by atoms with Crippen LogP contribution in [0.4, 0.5) is 15.9 Å². The fraction of sp³-hybridized carbons (Fsp3) is 0.471. The van der Waals surface area contributed by atoms with E-state index in [0.29, 0.717) is 43.7 Å². The maximum Gasteiger partial charge on any atom is 0.318 e. The van der Waals surface area contributed by atoms with E-state index in [9.17, 15) is 9.18 Å². The Labute approximate surface area is 268 Å². The first-order chi connectivity index (χ1) is 21.9. The van der Waals surface area contributed by atoms with Gasteiger partial charge in [-0.25, -0.2) is 11.0 Å². The van der Waals surface area contributed by atoms with Crippen LogP contribution < -0.4 is 14.5 Å². The number of piperazine rings is 1. The highest BCUT2D eigenvalue weighted by molar-refractivity contribution is 6.36. The van der Waals surface area contributed by atoms with Gasteiger partial charge in [0.2, 0.25) is 6.54 Å². The zero-order chi connectivity index (χ0) is 31.1. The Hall–Kier alpha value is -3.94. The molecule has 1 amide bonds. The lowest BCUT2D eigenvalue weighted by molar-refractivity contribution is -0.131. The second kappa shape index (κ2) is 12.1. The van der Waals surface area contributed by atoms with Crippen molar-refractivity contribution in [3.05, 3.63) is 76.5 Å². The molecule has 4 aliphatic heterocycles. The fourth-order valence-corrected chi connectivity index (χ4v) is 8.13. The summed E-state index contributed by atoms with van der Waals surface area (Å²) >= 11 is 6.71. The quantitative estimate of drug-likeness (QED) is 0.260. The number of carbonyl (C=O) groups excluding carboxylic acids is 1. The van der Waals surface area contributed by atoms with Gasteiger partial charge in [0, 0.05) is 42.8 Å². The van der Waals surface area contributed by atoms with Crippen molar-refractivity contribution in [2.24, 2.45) is 0 Å². The molecule has 3 saturated heterocycles. The van der Waals surface area contributed by atoms with Crippen LogP contribution in [0.25, 0.3) is 15.6 Å². The minimum Gasteiger partial charge on any atom is -0.461 e. The summed E-state index contributed by atoms with van der Waals surface area (Å²) in [6.45, 7) is 15.9. The number of nitrogens with zero attached hydrogens (tertiary/aromatic N) is 7. The minimum absolute atomic E-state index is 0.0483. The number of halogens is 2. The molecule has 11 heteroatoms. The van der Waals surface area contributed by atoms with Crippen molar-refractivity contribution in [3.8, 4) is 6.01 Å².